The molecule has 2 aromatic carbocycles. The summed E-state index contributed by atoms with van der Waals surface area (Å²) in [6.45, 7) is 3.21. The first-order valence-corrected chi connectivity index (χ1v) is 8.33. The molecule has 0 fully saturated rings. The quantitative estimate of drug-likeness (QED) is 0.714. The number of hydrogen-bond acceptors (Lipinski definition) is 5. The molecule has 2 N–H and O–H groups in total. The highest BCUT2D eigenvalue weighted by atomic mass is 35.5. The lowest BCUT2D eigenvalue weighted by molar-refractivity contribution is -0.116. The van der Waals surface area contributed by atoms with Gasteiger partial charge in [0.25, 0.3) is 0 Å². The molecule has 0 aliphatic rings. The van der Waals surface area contributed by atoms with Crippen molar-refractivity contribution in [3.8, 4) is 11.5 Å². The van der Waals surface area contributed by atoms with Crippen molar-refractivity contribution in [1.82, 2.24) is 0 Å². The number of nitrogens with one attached hydrogen (secondary N) is 2. The Hall–Kier alpha value is -2.73. The Bertz CT molecular complexity index is 806. The lowest BCUT2D eigenvalue weighted by atomic mass is 10.1. The monoisotopic (exact) mass is 376 g/mol. The number of ether oxygens (including phenoxy) is 2. The van der Waals surface area contributed by atoms with Gasteiger partial charge in [0.2, 0.25) is 5.91 Å². The van der Waals surface area contributed by atoms with Crippen LogP contribution in [0.1, 0.15) is 24.2 Å². The fraction of sp³-hybridized carbons (Fsp3) is 0.263. The van der Waals surface area contributed by atoms with Gasteiger partial charge in [0.05, 0.1) is 24.9 Å². The predicted molar refractivity (Wildman–Crippen MR) is 103 cm³/mol. The SMILES string of the molecule is COc1cc(OC)c(NC(C)C(=O)Nc2ccc(C(C)=O)cc2)cc1Cl. The minimum atomic E-state index is -0.555. The highest BCUT2D eigenvalue weighted by molar-refractivity contribution is 6.32. The Morgan fingerprint density at radius 2 is 1.65 bits per heavy atom. The standard InChI is InChI=1S/C19H21ClN2O4/c1-11(19(24)22-14-7-5-13(6-8-14)12(2)23)21-16-9-15(20)17(25-3)10-18(16)26-4/h5-11,21H,1-4H3,(H,22,24). The molecule has 0 saturated carbocycles. The number of anilines is 2. The van der Waals surface area contributed by atoms with E-state index < -0.39 is 6.04 Å². The van der Waals surface area contributed by atoms with Crippen molar-refractivity contribution in [1.29, 1.82) is 0 Å². The summed E-state index contributed by atoms with van der Waals surface area (Å²) in [6, 6.07) is 9.45. The molecule has 1 atom stereocenters. The van der Waals surface area contributed by atoms with Gasteiger partial charge < -0.3 is 20.1 Å². The van der Waals surface area contributed by atoms with E-state index in [0.29, 0.717) is 33.5 Å². The summed E-state index contributed by atoms with van der Waals surface area (Å²) in [5, 5.41) is 6.27. The Labute approximate surface area is 157 Å². The molecule has 0 radical (unpaired) electrons. The molecule has 26 heavy (non-hydrogen) atoms. The Morgan fingerprint density at radius 1 is 1.04 bits per heavy atom. The first kappa shape index (κ1) is 19.6. The number of carbonyl (C=O) groups is 2. The largest absolute Gasteiger partial charge is 0.495 e. The molecule has 2 rings (SSSR count). The maximum absolute atomic E-state index is 12.4. The molecule has 2 aromatic rings. The molecule has 0 heterocycles. The van der Waals surface area contributed by atoms with E-state index in [4.69, 9.17) is 21.1 Å². The second-order valence-electron chi connectivity index (χ2n) is 5.68. The van der Waals surface area contributed by atoms with E-state index in [-0.39, 0.29) is 11.7 Å². The number of hydrogen-bond donors (Lipinski definition) is 2. The minimum Gasteiger partial charge on any atom is -0.495 e. The third-order valence-corrected chi connectivity index (χ3v) is 4.09. The van der Waals surface area contributed by atoms with E-state index in [2.05, 4.69) is 10.6 Å². The Kier molecular flexibility index (Phi) is 6.46. The van der Waals surface area contributed by atoms with Crippen LogP contribution in [0.3, 0.4) is 0 Å². The zero-order valence-electron chi connectivity index (χ0n) is 15.1. The zero-order chi connectivity index (χ0) is 19.3. The van der Waals surface area contributed by atoms with Gasteiger partial charge in [-0.25, -0.2) is 0 Å². The molecular weight excluding hydrogens is 356 g/mol. The molecule has 7 heteroatoms. The number of rotatable bonds is 7. The third-order valence-electron chi connectivity index (χ3n) is 3.80. The first-order valence-electron chi connectivity index (χ1n) is 7.95. The third kappa shape index (κ3) is 4.67. The van der Waals surface area contributed by atoms with Gasteiger partial charge in [-0.2, -0.15) is 0 Å². The number of benzene rings is 2. The number of halogens is 1. The molecule has 1 unspecified atom stereocenters. The highest BCUT2D eigenvalue weighted by Gasteiger charge is 2.17. The van der Waals surface area contributed by atoms with Gasteiger partial charge in [0, 0.05) is 17.3 Å². The van der Waals surface area contributed by atoms with Crippen LogP contribution in [0.25, 0.3) is 0 Å². The average Bonchev–Trinajstić information content (AvgIpc) is 2.62. The summed E-state index contributed by atoms with van der Waals surface area (Å²) >= 11 is 6.14. The van der Waals surface area contributed by atoms with Gasteiger partial charge in [0.15, 0.2) is 5.78 Å². The summed E-state index contributed by atoms with van der Waals surface area (Å²) in [7, 11) is 3.04. The molecule has 0 aliphatic heterocycles. The highest BCUT2D eigenvalue weighted by Crippen LogP contribution is 2.36. The van der Waals surface area contributed by atoms with Crippen molar-refractivity contribution in [3.05, 3.63) is 47.0 Å². The Balaban J connectivity index is 2.09. The Morgan fingerprint density at radius 3 is 2.19 bits per heavy atom. The molecule has 0 spiro atoms. The number of carbonyl (C=O) groups excluding carboxylic acids is 2. The van der Waals surface area contributed by atoms with Crippen LogP contribution in [-0.4, -0.2) is 32.0 Å². The van der Waals surface area contributed by atoms with Crippen LogP contribution in [-0.2, 0) is 4.79 Å². The smallest absolute Gasteiger partial charge is 0.246 e. The van der Waals surface area contributed by atoms with E-state index in [1.54, 1.807) is 43.3 Å². The summed E-state index contributed by atoms with van der Waals surface area (Å²) in [4.78, 5) is 23.7. The fourth-order valence-electron chi connectivity index (χ4n) is 2.31. The topological polar surface area (TPSA) is 76.7 Å². The molecule has 6 nitrogen and oxygen atoms in total. The van der Waals surface area contributed by atoms with E-state index in [1.165, 1.54) is 21.1 Å². The van der Waals surface area contributed by atoms with Crippen LogP contribution in [0.5, 0.6) is 11.5 Å². The van der Waals surface area contributed by atoms with Crippen LogP contribution < -0.4 is 20.1 Å². The summed E-state index contributed by atoms with van der Waals surface area (Å²) in [6.07, 6.45) is 0. The number of amides is 1. The second-order valence-corrected chi connectivity index (χ2v) is 6.08. The molecule has 138 valence electrons. The first-order chi connectivity index (χ1) is 12.3. The van der Waals surface area contributed by atoms with Gasteiger partial charge in [0.1, 0.15) is 17.5 Å². The number of ketones is 1. The fourth-order valence-corrected chi connectivity index (χ4v) is 2.55. The van der Waals surface area contributed by atoms with Gasteiger partial charge in [-0.3, -0.25) is 9.59 Å². The van der Waals surface area contributed by atoms with Crippen molar-refractivity contribution in [2.24, 2.45) is 0 Å². The van der Waals surface area contributed by atoms with Crippen molar-refractivity contribution < 1.29 is 19.1 Å². The second kappa shape index (κ2) is 8.58. The lowest BCUT2D eigenvalue weighted by Gasteiger charge is -2.18. The van der Waals surface area contributed by atoms with Crippen LogP contribution in [0.4, 0.5) is 11.4 Å². The van der Waals surface area contributed by atoms with Crippen LogP contribution in [0.15, 0.2) is 36.4 Å². The van der Waals surface area contributed by atoms with E-state index in [1.807, 2.05) is 0 Å². The van der Waals surface area contributed by atoms with Gasteiger partial charge in [-0.1, -0.05) is 11.6 Å². The van der Waals surface area contributed by atoms with Crippen LogP contribution in [0, 0.1) is 0 Å². The maximum atomic E-state index is 12.4. The van der Waals surface area contributed by atoms with Crippen molar-refractivity contribution >= 4 is 34.7 Å². The average molecular weight is 377 g/mol. The molecular formula is C19H21ClN2O4. The molecule has 0 aliphatic carbocycles. The molecule has 0 bridgehead atoms. The number of methoxy groups -OCH3 is 2. The van der Waals surface area contributed by atoms with Crippen LogP contribution in [0.2, 0.25) is 5.02 Å². The summed E-state index contributed by atoms with van der Waals surface area (Å²) in [5.41, 5.74) is 1.77. The van der Waals surface area contributed by atoms with E-state index in [9.17, 15) is 9.59 Å². The molecule has 0 aromatic heterocycles. The van der Waals surface area contributed by atoms with Gasteiger partial charge in [-0.05, 0) is 44.2 Å². The lowest BCUT2D eigenvalue weighted by Crippen LogP contribution is -2.32. The minimum absolute atomic E-state index is 0.0265. The van der Waals surface area contributed by atoms with Crippen molar-refractivity contribution in [2.45, 2.75) is 19.9 Å². The van der Waals surface area contributed by atoms with Crippen LogP contribution >= 0.6 is 11.6 Å². The molecule has 1 amide bonds. The summed E-state index contributed by atoms with van der Waals surface area (Å²) < 4.78 is 10.5. The maximum Gasteiger partial charge on any atom is 0.246 e. The van der Waals surface area contributed by atoms with E-state index >= 15 is 0 Å². The van der Waals surface area contributed by atoms with Gasteiger partial charge in [-0.15, -0.1) is 0 Å². The number of Topliss-reactive ketones (excluding diaryl/α,β-unsaturated/α-hetero) is 1. The van der Waals surface area contributed by atoms with E-state index in [0.717, 1.165) is 0 Å². The van der Waals surface area contributed by atoms with Crippen molar-refractivity contribution in [3.63, 3.8) is 0 Å². The molecule has 0 saturated heterocycles. The zero-order valence-corrected chi connectivity index (χ0v) is 15.8. The predicted octanol–water partition coefficient (Wildman–Crippen LogP) is 4.00. The summed E-state index contributed by atoms with van der Waals surface area (Å²) in [5.74, 6) is 0.726. The van der Waals surface area contributed by atoms with Gasteiger partial charge >= 0.3 is 0 Å². The normalized spacial score (nSPS) is 11.4. The van der Waals surface area contributed by atoms with Crippen molar-refractivity contribution in [2.75, 3.05) is 24.9 Å².